The Morgan fingerprint density at radius 1 is 1.47 bits per heavy atom. The third-order valence-corrected chi connectivity index (χ3v) is 5.75. The van der Waals surface area contributed by atoms with Gasteiger partial charge in [-0.2, -0.15) is 0 Å². The largest absolute Gasteiger partial charge is 0.316 e. The monoisotopic (exact) mass is 298 g/mol. The molecule has 0 aliphatic heterocycles. The second kappa shape index (κ2) is 7.51. The Labute approximate surface area is 125 Å². The van der Waals surface area contributed by atoms with Crippen LogP contribution < -0.4 is 5.32 Å². The molecule has 0 aromatic carbocycles. The molecular weight excluding hydrogens is 276 g/mol. The first-order valence-electron chi connectivity index (χ1n) is 7.19. The fraction of sp³-hybridized carbons (Fsp3) is 0.667. The van der Waals surface area contributed by atoms with Crippen molar-refractivity contribution < 1.29 is 0 Å². The van der Waals surface area contributed by atoms with Gasteiger partial charge < -0.3 is 5.32 Å². The Bertz CT molecular complexity index is 399. The molecule has 2 nitrogen and oxygen atoms in total. The van der Waals surface area contributed by atoms with E-state index in [1.165, 1.54) is 32.1 Å². The van der Waals surface area contributed by atoms with Gasteiger partial charge in [-0.25, -0.2) is 4.98 Å². The molecule has 106 valence electrons. The predicted octanol–water partition coefficient (Wildman–Crippen LogP) is 4.38. The quantitative estimate of drug-likeness (QED) is 0.873. The highest BCUT2D eigenvalue weighted by Crippen LogP contribution is 2.39. The molecule has 0 bridgehead atoms. The summed E-state index contributed by atoms with van der Waals surface area (Å²) >= 11 is 8.08. The van der Waals surface area contributed by atoms with E-state index in [1.54, 1.807) is 0 Å². The Balaban J connectivity index is 2.04. The molecule has 0 spiro atoms. The topological polar surface area (TPSA) is 24.9 Å². The van der Waals surface area contributed by atoms with Crippen LogP contribution in [0.5, 0.6) is 0 Å². The number of hydrogen-bond acceptors (Lipinski definition) is 3. The maximum Gasteiger partial charge on any atom is 0.115 e. The maximum atomic E-state index is 6.23. The van der Waals surface area contributed by atoms with Crippen molar-refractivity contribution in [1.29, 1.82) is 0 Å². The Morgan fingerprint density at radius 2 is 2.32 bits per heavy atom. The lowest BCUT2D eigenvalue weighted by molar-refractivity contribution is 0.295. The summed E-state index contributed by atoms with van der Waals surface area (Å²) in [6.07, 6.45) is 8.36. The third-order valence-electron chi connectivity index (χ3n) is 3.96. The van der Waals surface area contributed by atoms with E-state index < -0.39 is 0 Å². The minimum absolute atomic E-state index is 0.580. The SMILES string of the molecule is CCCC1CCC(NC)C(Sc2ncccc2Cl)C1. The number of hydrogen-bond donors (Lipinski definition) is 1. The lowest BCUT2D eigenvalue weighted by Crippen LogP contribution is -2.40. The van der Waals surface area contributed by atoms with Crippen molar-refractivity contribution in [2.45, 2.75) is 55.3 Å². The van der Waals surface area contributed by atoms with Gasteiger partial charge in [0.2, 0.25) is 0 Å². The van der Waals surface area contributed by atoms with Gasteiger partial charge in [0.15, 0.2) is 0 Å². The molecule has 3 atom stereocenters. The molecule has 2 rings (SSSR count). The molecule has 1 saturated carbocycles. The summed E-state index contributed by atoms with van der Waals surface area (Å²) in [5.41, 5.74) is 0. The van der Waals surface area contributed by atoms with Gasteiger partial charge in [-0.15, -0.1) is 0 Å². The van der Waals surface area contributed by atoms with Gasteiger partial charge in [-0.1, -0.05) is 43.1 Å². The van der Waals surface area contributed by atoms with Crippen LogP contribution in [0.25, 0.3) is 0 Å². The summed E-state index contributed by atoms with van der Waals surface area (Å²) in [6.45, 7) is 2.28. The van der Waals surface area contributed by atoms with Crippen LogP contribution >= 0.6 is 23.4 Å². The number of thioether (sulfide) groups is 1. The average Bonchev–Trinajstić information content (AvgIpc) is 2.42. The van der Waals surface area contributed by atoms with Crippen LogP contribution in [0, 0.1) is 5.92 Å². The van der Waals surface area contributed by atoms with Crippen LogP contribution in [0.3, 0.4) is 0 Å². The van der Waals surface area contributed by atoms with Gasteiger partial charge in [0.25, 0.3) is 0 Å². The number of pyridine rings is 1. The first-order chi connectivity index (χ1) is 9.24. The highest BCUT2D eigenvalue weighted by Gasteiger charge is 2.30. The molecule has 1 aromatic heterocycles. The Hall–Kier alpha value is -0.250. The summed E-state index contributed by atoms with van der Waals surface area (Å²) in [5.74, 6) is 0.870. The van der Waals surface area contributed by atoms with E-state index in [0.717, 1.165) is 16.0 Å². The van der Waals surface area contributed by atoms with Gasteiger partial charge >= 0.3 is 0 Å². The number of nitrogens with one attached hydrogen (secondary N) is 1. The predicted molar refractivity (Wildman–Crippen MR) is 84.0 cm³/mol. The van der Waals surface area contributed by atoms with E-state index in [9.17, 15) is 0 Å². The van der Waals surface area contributed by atoms with E-state index in [2.05, 4.69) is 24.3 Å². The zero-order chi connectivity index (χ0) is 13.7. The highest BCUT2D eigenvalue weighted by molar-refractivity contribution is 8.00. The summed E-state index contributed by atoms with van der Waals surface area (Å²) in [5, 5.41) is 5.81. The molecule has 1 aromatic rings. The normalized spacial score (nSPS) is 27.4. The molecule has 19 heavy (non-hydrogen) atoms. The number of nitrogens with zero attached hydrogens (tertiary/aromatic N) is 1. The van der Waals surface area contributed by atoms with E-state index in [4.69, 9.17) is 11.6 Å². The molecule has 1 N–H and O–H groups in total. The minimum atomic E-state index is 0.580. The van der Waals surface area contributed by atoms with Crippen LogP contribution in [-0.2, 0) is 0 Å². The van der Waals surface area contributed by atoms with Gasteiger partial charge in [-0.3, -0.25) is 0 Å². The van der Waals surface area contributed by atoms with Gasteiger partial charge in [0.1, 0.15) is 5.03 Å². The average molecular weight is 299 g/mol. The van der Waals surface area contributed by atoms with Crippen LogP contribution in [0.2, 0.25) is 5.02 Å². The summed E-state index contributed by atoms with van der Waals surface area (Å²) in [7, 11) is 2.07. The van der Waals surface area contributed by atoms with E-state index >= 15 is 0 Å². The molecule has 0 amide bonds. The van der Waals surface area contributed by atoms with Crippen LogP contribution in [-0.4, -0.2) is 23.3 Å². The molecule has 1 aliphatic rings. The summed E-state index contributed by atoms with van der Waals surface area (Å²) in [4.78, 5) is 4.42. The minimum Gasteiger partial charge on any atom is -0.316 e. The highest BCUT2D eigenvalue weighted by atomic mass is 35.5. The molecule has 0 saturated heterocycles. The van der Waals surface area contributed by atoms with E-state index in [0.29, 0.717) is 11.3 Å². The third kappa shape index (κ3) is 4.11. The molecule has 0 radical (unpaired) electrons. The number of aromatic nitrogens is 1. The van der Waals surface area contributed by atoms with Crippen molar-refractivity contribution in [3.63, 3.8) is 0 Å². The van der Waals surface area contributed by atoms with Crippen molar-refractivity contribution >= 4 is 23.4 Å². The first kappa shape index (κ1) is 15.1. The molecular formula is C15H23ClN2S. The van der Waals surface area contributed by atoms with Crippen molar-refractivity contribution in [2.75, 3.05) is 7.05 Å². The molecule has 1 heterocycles. The zero-order valence-electron chi connectivity index (χ0n) is 11.7. The second-order valence-corrected chi connectivity index (χ2v) is 6.94. The molecule has 1 aliphatic carbocycles. The fourth-order valence-corrected chi connectivity index (χ4v) is 4.59. The van der Waals surface area contributed by atoms with Crippen LogP contribution in [0.4, 0.5) is 0 Å². The fourth-order valence-electron chi connectivity index (χ4n) is 2.94. The molecule has 1 fully saturated rings. The first-order valence-corrected chi connectivity index (χ1v) is 8.44. The van der Waals surface area contributed by atoms with Crippen LogP contribution in [0.1, 0.15) is 39.0 Å². The van der Waals surface area contributed by atoms with Crippen molar-refractivity contribution in [3.8, 4) is 0 Å². The smallest absolute Gasteiger partial charge is 0.115 e. The second-order valence-electron chi connectivity index (χ2n) is 5.31. The van der Waals surface area contributed by atoms with Crippen molar-refractivity contribution in [2.24, 2.45) is 5.92 Å². The lowest BCUT2D eigenvalue weighted by Gasteiger charge is -2.35. The summed E-state index contributed by atoms with van der Waals surface area (Å²) < 4.78 is 0. The van der Waals surface area contributed by atoms with E-state index in [1.807, 2.05) is 30.1 Å². The van der Waals surface area contributed by atoms with Crippen molar-refractivity contribution in [1.82, 2.24) is 10.3 Å². The lowest BCUT2D eigenvalue weighted by atomic mass is 9.83. The maximum absolute atomic E-state index is 6.23. The van der Waals surface area contributed by atoms with Gasteiger partial charge in [0, 0.05) is 17.5 Å². The number of halogens is 1. The number of rotatable bonds is 5. The van der Waals surface area contributed by atoms with Crippen molar-refractivity contribution in [3.05, 3.63) is 23.4 Å². The Morgan fingerprint density at radius 3 is 3.00 bits per heavy atom. The van der Waals surface area contributed by atoms with E-state index in [-0.39, 0.29) is 0 Å². The van der Waals surface area contributed by atoms with Gasteiger partial charge in [-0.05, 0) is 44.4 Å². The Kier molecular flexibility index (Phi) is 5.99. The van der Waals surface area contributed by atoms with Crippen LogP contribution in [0.15, 0.2) is 23.4 Å². The van der Waals surface area contributed by atoms with Gasteiger partial charge in [0.05, 0.1) is 5.02 Å². The zero-order valence-corrected chi connectivity index (χ0v) is 13.3. The standard InChI is InChI=1S/C15H23ClN2S/c1-3-5-11-7-8-13(17-2)14(10-11)19-15-12(16)6-4-9-18-15/h4,6,9,11,13-14,17H,3,5,7-8,10H2,1-2H3. The summed E-state index contributed by atoms with van der Waals surface area (Å²) in [6, 6.07) is 4.40. The molecule has 4 heteroatoms. The molecule has 3 unspecified atom stereocenters.